The number of fused-ring (bicyclic) bond motifs is 3. The van der Waals surface area contributed by atoms with Gasteiger partial charge in [-0.3, -0.25) is 14.6 Å². The molecule has 0 unspecified atom stereocenters. The first-order chi connectivity index (χ1) is 59.9. The van der Waals surface area contributed by atoms with Gasteiger partial charge in [-0.1, -0.05) is 103 Å². The van der Waals surface area contributed by atoms with Gasteiger partial charge < -0.3 is 101 Å². The number of nitriles is 1. The Kier molecular flexibility index (Phi) is 33.4. The molecular formula is C92H103N18NaO16. The van der Waals surface area contributed by atoms with E-state index in [1.54, 1.807) is 43.2 Å². The number of aliphatic hydroxyl groups excluding tert-OH is 2. The van der Waals surface area contributed by atoms with Gasteiger partial charge in [0.2, 0.25) is 5.91 Å². The van der Waals surface area contributed by atoms with Crippen molar-refractivity contribution in [2.75, 3.05) is 96.9 Å². The second-order valence-electron chi connectivity index (χ2n) is 31.4. The van der Waals surface area contributed by atoms with Crippen LogP contribution < -0.4 is 66.3 Å². The Bertz CT molecular complexity index is 5860. The molecule has 2 aliphatic carbocycles. The quantitative estimate of drug-likeness (QED) is 0.0212. The van der Waals surface area contributed by atoms with Crippen LogP contribution >= 0.6 is 0 Å². The molecule has 127 heavy (non-hydrogen) atoms. The molecule has 6 aromatic carbocycles. The van der Waals surface area contributed by atoms with Crippen molar-refractivity contribution in [1.82, 2.24) is 68.5 Å². The minimum atomic E-state index is -1.10. The molecule has 12 aromatic rings. The van der Waals surface area contributed by atoms with E-state index < -0.39 is 23.5 Å². The Balaban J connectivity index is 0.000000182. The van der Waals surface area contributed by atoms with Crippen LogP contribution in [-0.4, -0.2) is 227 Å². The molecule has 34 nitrogen and oxygen atoms in total. The van der Waals surface area contributed by atoms with Crippen molar-refractivity contribution in [3.63, 3.8) is 0 Å². The van der Waals surface area contributed by atoms with Gasteiger partial charge in [-0.05, 0) is 176 Å². The molecule has 0 radical (unpaired) electrons. The Morgan fingerprint density at radius 3 is 1.24 bits per heavy atom. The van der Waals surface area contributed by atoms with Gasteiger partial charge in [-0.15, -0.1) is 0 Å². The molecule has 0 bridgehead atoms. The second-order valence-corrected chi connectivity index (χ2v) is 31.4. The number of carboxylic acids is 3. The van der Waals surface area contributed by atoms with Crippen LogP contribution in [0.1, 0.15) is 111 Å². The number of benzene rings is 6. The number of carboxylic acid groups (broad SMARTS) is 3. The molecule has 15 N–H and O–H groups in total. The molecule has 17 rings (SSSR count). The van der Waals surface area contributed by atoms with E-state index in [1.807, 2.05) is 190 Å². The van der Waals surface area contributed by atoms with Crippen LogP contribution in [0.4, 0.5) is 22.2 Å². The number of para-hydroxylation sites is 3. The number of likely N-dealkylation sites (N-methyl/N-ethyl adjacent to an activating group) is 2. The summed E-state index contributed by atoms with van der Waals surface area (Å²) in [6, 6.07) is 53.6. The summed E-state index contributed by atoms with van der Waals surface area (Å²) in [7, 11) is 4.09. The third-order valence-corrected chi connectivity index (χ3v) is 21.5. The van der Waals surface area contributed by atoms with Gasteiger partial charge in [0.05, 0.1) is 41.5 Å². The summed E-state index contributed by atoms with van der Waals surface area (Å²) >= 11 is 0. The van der Waals surface area contributed by atoms with E-state index in [2.05, 4.69) is 58.1 Å². The molecule has 9 heterocycles. The Morgan fingerprint density at radius 1 is 0.504 bits per heavy atom. The molecule has 2 amide bonds. The molecule has 0 spiro atoms. The normalized spacial score (nSPS) is 15.7. The molecular weight excluding hydrogens is 1640 g/mol. The number of aromatic carboxylic acids is 2. The topological polar surface area (TPSA) is 504 Å². The van der Waals surface area contributed by atoms with Gasteiger partial charge in [0.15, 0.2) is 0 Å². The number of nitrogens with zero attached hydrogens (tertiary/aromatic N) is 14. The maximum absolute atomic E-state index is 13.0. The average molecular weight is 1740 g/mol. The molecule has 35 heteroatoms. The van der Waals surface area contributed by atoms with E-state index in [0.717, 1.165) is 43.1 Å². The zero-order chi connectivity index (χ0) is 87.7. The molecule has 3 aliphatic heterocycles. The number of nitrogens with one attached hydrogen (secondary N) is 1. The Morgan fingerprint density at radius 2 is 0.866 bits per heavy atom. The van der Waals surface area contributed by atoms with E-state index in [-0.39, 0.29) is 107 Å². The molecule has 5 aliphatic rings. The van der Waals surface area contributed by atoms with Crippen LogP contribution in [-0.2, 0) is 14.3 Å². The van der Waals surface area contributed by atoms with Crippen LogP contribution in [0, 0.1) is 11.3 Å². The minimum absolute atomic E-state index is 0. The van der Waals surface area contributed by atoms with Crippen molar-refractivity contribution >= 4 is 80.5 Å². The zero-order valence-electron chi connectivity index (χ0n) is 71.4. The summed E-state index contributed by atoms with van der Waals surface area (Å²) in [6.07, 6.45) is 17.2. The molecule has 3 atom stereocenters. The fourth-order valence-electron chi connectivity index (χ4n) is 15.4. The summed E-state index contributed by atoms with van der Waals surface area (Å²) < 4.78 is 28.7. The first-order valence-corrected chi connectivity index (χ1v) is 40.9. The zero-order valence-corrected chi connectivity index (χ0v) is 73.4. The standard InChI is InChI=1S/C31H32N6O4.C28H28N6O3.C23H21N5O3.C8H13NO2.C2H6O2.Na.2H2O/c1-35(21-11-12-21)16-5-8-25(38)36-17-15-22(18-36)37-28(31(39)40)26(27-29(32)33-19-34-30(27)37)20-9-13-24(14-10-20)41-23-6-3-2-4-7-23;1-28(2,3)37-27(35)33-14-13-19(16-33)34-22(15-29)23(24-25(30)31-17-32-26(24)34)18-9-11-21(12-10-18)36-20-7-5-4-6-8-20;24-21-19-18(14-6-8-17(9-7-14)31-16-4-2-1-3-5-16)20(23(29)30)28(15-10-11-25-12-15)22(19)27-13-26-21;1-9(7-4-5-7)6-2-3-8(10)11;3-1-2-4;;;/h2-10,13-14,19,21-22H,11-12,15-18H2,1H3,(H,39,40)(H2,32,33,34);4-12,17,19H,13-14,16H2,1-3H3,(H2,30,31,32);1-9,13,15,25H,10-12H2,(H,29,30)(H2,24,26,27);2-3,7H,4-6H2,1H3,(H,10,11);3-4H,1-2H2;;2*1H2/q;;;;;+1;;/p-1/b8-5+;;;3-2+;;;;/t22-;19-;15-;;;;;/m111...../s1. The monoisotopic (exact) mass is 1740 g/mol. The van der Waals surface area contributed by atoms with E-state index in [1.165, 1.54) is 50.7 Å². The van der Waals surface area contributed by atoms with Crippen LogP contribution in [0.5, 0.6) is 34.5 Å². The minimum Gasteiger partial charge on any atom is -0.870 e. The van der Waals surface area contributed by atoms with Crippen molar-refractivity contribution in [2.45, 2.75) is 102 Å². The number of aromatic nitrogens is 9. The number of nitrogens with two attached hydrogens (primary N) is 3. The predicted molar refractivity (Wildman–Crippen MR) is 475 cm³/mol. The van der Waals surface area contributed by atoms with E-state index in [9.17, 15) is 39.4 Å². The molecule has 2 saturated carbocycles. The first kappa shape index (κ1) is 96.0. The van der Waals surface area contributed by atoms with Crippen LogP contribution in [0.3, 0.4) is 0 Å². The van der Waals surface area contributed by atoms with Gasteiger partial charge in [-0.25, -0.2) is 49.1 Å². The van der Waals surface area contributed by atoms with Crippen LogP contribution in [0.15, 0.2) is 207 Å². The first-order valence-electron chi connectivity index (χ1n) is 40.9. The number of carbonyl (C=O) groups is 5. The summed E-state index contributed by atoms with van der Waals surface area (Å²) in [5.74, 6) is 1.79. The smallest absolute Gasteiger partial charge is 0.870 e. The number of carbonyl (C=O) groups excluding carboxylic acids is 2. The molecule has 3 saturated heterocycles. The summed E-state index contributed by atoms with van der Waals surface area (Å²) in [5.41, 5.74) is 24.3. The fraction of sp³-hybridized carbons (Fsp3) is 0.304. The van der Waals surface area contributed by atoms with Crippen molar-refractivity contribution in [1.29, 1.82) is 5.26 Å². The maximum Gasteiger partial charge on any atom is 1.00 e. The number of nitrogen functional groups attached to an aromatic ring is 3. The van der Waals surface area contributed by atoms with Gasteiger partial charge in [0, 0.05) is 92.8 Å². The van der Waals surface area contributed by atoms with Crippen molar-refractivity contribution in [2.24, 2.45) is 0 Å². The number of likely N-dealkylation sites (tertiary alicyclic amines) is 2. The third-order valence-electron chi connectivity index (χ3n) is 21.5. The van der Waals surface area contributed by atoms with Crippen molar-refractivity contribution < 1.29 is 109 Å². The fourth-order valence-corrected chi connectivity index (χ4v) is 15.4. The van der Waals surface area contributed by atoms with E-state index >= 15 is 0 Å². The SMILES string of the molecule is CC(C)(C)OC(=O)N1CC[C@@H](n2c(C#N)c(-c3ccc(Oc4ccccc4)cc3)c3c(N)ncnc32)C1.CN(C/C=C/C(=O)N1CC[C@@H](n2c(C(=O)O)c(-c3ccc(Oc4ccccc4)cc3)c3c(N)ncnc32)C1)C1CC1.CN(C/C=C/C(=O)O)C1CC1.Nc1ncnc2c1c(-c1ccc(Oc3ccccc3)cc1)c(C(=O)O)n2[C@@H]1CCNC1.O.OCCO.[Na+].[OH-]. The Hall–Kier alpha value is -13.2. The van der Waals surface area contributed by atoms with Crippen LogP contribution in [0.25, 0.3) is 66.5 Å². The average Bonchev–Trinajstić information content (AvgIpc) is 1.60. The van der Waals surface area contributed by atoms with Crippen molar-refractivity contribution in [3.8, 4) is 73.9 Å². The number of ether oxygens (including phenoxy) is 4. The number of hydrogen-bond donors (Lipinski definition) is 9. The van der Waals surface area contributed by atoms with Gasteiger partial charge in [0.1, 0.15) is 117 Å². The van der Waals surface area contributed by atoms with Gasteiger partial charge >= 0.3 is 53.6 Å². The van der Waals surface area contributed by atoms with Gasteiger partial charge in [-0.2, -0.15) is 5.26 Å². The number of anilines is 3. The van der Waals surface area contributed by atoms with Crippen LogP contribution in [0.2, 0.25) is 0 Å². The Labute approximate surface area is 755 Å². The maximum atomic E-state index is 13.0. The predicted octanol–water partition coefficient (Wildman–Crippen LogP) is 9.52. The third kappa shape index (κ3) is 23.7. The molecule has 6 aromatic heterocycles. The largest absolute Gasteiger partial charge is 1.00 e. The molecule has 5 fully saturated rings. The molecule has 658 valence electrons. The summed E-state index contributed by atoms with van der Waals surface area (Å²) in [5, 5.41) is 59.4. The number of amides is 2. The number of aliphatic hydroxyl groups is 2. The second kappa shape index (κ2) is 44.1. The summed E-state index contributed by atoms with van der Waals surface area (Å²) in [6.45, 7) is 10.1. The van der Waals surface area contributed by atoms with E-state index in [4.69, 9.17) is 51.5 Å². The summed E-state index contributed by atoms with van der Waals surface area (Å²) in [4.78, 5) is 94.6. The number of rotatable bonds is 23. The van der Waals surface area contributed by atoms with E-state index in [0.29, 0.717) is 153 Å². The van der Waals surface area contributed by atoms with Gasteiger partial charge in [0.25, 0.3) is 0 Å². The number of aliphatic carboxylic acids is 1. The van der Waals surface area contributed by atoms with Crippen molar-refractivity contribution in [3.05, 3.63) is 224 Å². The number of hydrogen-bond acceptors (Lipinski definition) is 25.